The van der Waals surface area contributed by atoms with E-state index in [2.05, 4.69) is 5.32 Å². The predicted octanol–water partition coefficient (Wildman–Crippen LogP) is 0.710. The molecular weight excluding hydrogens is 178 g/mol. The van der Waals surface area contributed by atoms with Crippen molar-refractivity contribution in [3.05, 3.63) is 0 Å². The van der Waals surface area contributed by atoms with Gasteiger partial charge in [-0.3, -0.25) is 4.79 Å². The first-order chi connectivity index (χ1) is 5.95. The number of carbonyl (C=O) groups is 1. The number of alkyl halides is 2. The number of hydrogen-bond acceptors (Lipinski definition) is 2. The van der Waals surface area contributed by atoms with Crippen molar-refractivity contribution in [1.82, 2.24) is 10.2 Å². The van der Waals surface area contributed by atoms with E-state index in [0.29, 0.717) is 13.1 Å². The lowest BCUT2D eigenvalue weighted by atomic mass is 10.2. The summed E-state index contributed by atoms with van der Waals surface area (Å²) in [4.78, 5) is 12.1. The molecule has 1 N–H and O–H groups in total. The number of rotatable bonds is 5. The fraction of sp³-hybridized carbons (Fsp3) is 0.875. The zero-order valence-electron chi connectivity index (χ0n) is 8.23. The number of halogens is 2. The Morgan fingerprint density at radius 3 is 2.46 bits per heavy atom. The molecule has 0 atom stereocenters. The molecule has 0 aliphatic carbocycles. The first kappa shape index (κ1) is 12.3. The second-order valence-electron chi connectivity index (χ2n) is 2.89. The lowest BCUT2D eigenvalue weighted by Gasteiger charge is -2.22. The number of amides is 1. The number of nitrogens with zero attached hydrogens (tertiary/aromatic N) is 1. The van der Waals surface area contributed by atoms with Crippen molar-refractivity contribution in [1.29, 1.82) is 0 Å². The third-order valence-electron chi connectivity index (χ3n) is 1.80. The molecule has 0 aromatic rings. The first-order valence-corrected chi connectivity index (χ1v) is 4.23. The zero-order valence-corrected chi connectivity index (χ0v) is 8.23. The minimum Gasteiger partial charge on any atom is -0.339 e. The van der Waals surface area contributed by atoms with Crippen molar-refractivity contribution < 1.29 is 13.6 Å². The molecule has 0 unspecified atom stereocenters. The maximum atomic E-state index is 12.8. The molecule has 0 saturated heterocycles. The van der Waals surface area contributed by atoms with Gasteiger partial charge in [-0.1, -0.05) is 6.92 Å². The van der Waals surface area contributed by atoms with E-state index in [0.717, 1.165) is 4.90 Å². The molecule has 0 saturated carbocycles. The van der Waals surface area contributed by atoms with Gasteiger partial charge in [-0.15, -0.1) is 0 Å². The van der Waals surface area contributed by atoms with Crippen LogP contribution >= 0.6 is 0 Å². The van der Waals surface area contributed by atoms with E-state index in [1.165, 1.54) is 14.0 Å². The summed E-state index contributed by atoms with van der Waals surface area (Å²) in [6, 6.07) is 0. The molecule has 0 rings (SSSR count). The zero-order chi connectivity index (χ0) is 10.5. The molecule has 0 aromatic carbocycles. The molecule has 0 spiro atoms. The van der Waals surface area contributed by atoms with Crippen LogP contribution in [0.4, 0.5) is 8.78 Å². The van der Waals surface area contributed by atoms with E-state index >= 15 is 0 Å². The third-order valence-corrected chi connectivity index (χ3v) is 1.80. The van der Waals surface area contributed by atoms with E-state index in [9.17, 15) is 13.6 Å². The van der Waals surface area contributed by atoms with Crippen molar-refractivity contribution in [2.45, 2.75) is 19.3 Å². The normalized spacial score (nSPS) is 11.5. The average Bonchev–Trinajstić information content (AvgIpc) is 2.12. The molecule has 0 radical (unpaired) electrons. The van der Waals surface area contributed by atoms with E-state index in [4.69, 9.17) is 0 Å². The van der Waals surface area contributed by atoms with Gasteiger partial charge in [0.2, 0.25) is 0 Å². The number of nitrogens with one attached hydrogen (secondary N) is 1. The van der Waals surface area contributed by atoms with Crippen LogP contribution in [0.5, 0.6) is 0 Å². The van der Waals surface area contributed by atoms with E-state index < -0.39 is 18.3 Å². The highest BCUT2D eigenvalue weighted by molar-refractivity contribution is 5.83. The quantitative estimate of drug-likeness (QED) is 0.699. The third kappa shape index (κ3) is 3.67. The van der Waals surface area contributed by atoms with Gasteiger partial charge in [0.05, 0.1) is 0 Å². The Balaban J connectivity index is 4.09. The van der Waals surface area contributed by atoms with E-state index in [1.54, 1.807) is 7.05 Å². The minimum absolute atomic E-state index is 0.297. The summed E-state index contributed by atoms with van der Waals surface area (Å²) >= 11 is 0. The maximum absolute atomic E-state index is 12.8. The van der Waals surface area contributed by atoms with Crippen LogP contribution in [0.1, 0.15) is 13.3 Å². The van der Waals surface area contributed by atoms with Crippen LogP contribution in [0, 0.1) is 0 Å². The summed E-state index contributed by atoms with van der Waals surface area (Å²) in [6.07, 6.45) is -0.449. The molecule has 0 bridgehead atoms. The van der Waals surface area contributed by atoms with Crippen molar-refractivity contribution >= 4 is 5.91 Å². The van der Waals surface area contributed by atoms with Gasteiger partial charge in [-0.05, 0) is 7.05 Å². The smallest absolute Gasteiger partial charge is 0.324 e. The number of carbonyl (C=O) groups excluding carboxylic acids is 1. The van der Waals surface area contributed by atoms with Gasteiger partial charge in [0.1, 0.15) is 0 Å². The fourth-order valence-corrected chi connectivity index (χ4v) is 0.812. The molecule has 0 aliphatic heterocycles. The Labute approximate surface area is 77.1 Å². The van der Waals surface area contributed by atoms with Gasteiger partial charge in [0, 0.05) is 26.6 Å². The predicted molar refractivity (Wildman–Crippen MR) is 46.8 cm³/mol. The molecule has 0 heterocycles. The number of likely N-dealkylation sites (N-methyl/N-ethyl adjacent to an activating group) is 2. The van der Waals surface area contributed by atoms with Crippen molar-refractivity contribution in [3.63, 3.8) is 0 Å². The van der Waals surface area contributed by atoms with Gasteiger partial charge in [-0.25, -0.2) is 0 Å². The van der Waals surface area contributed by atoms with Gasteiger partial charge in [0.25, 0.3) is 5.91 Å². The molecule has 78 valence electrons. The first-order valence-electron chi connectivity index (χ1n) is 4.23. The molecule has 3 nitrogen and oxygen atoms in total. The van der Waals surface area contributed by atoms with Crippen molar-refractivity contribution in [2.24, 2.45) is 0 Å². The lowest BCUT2D eigenvalue weighted by Crippen LogP contribution is -2.43. The molecule has 1 amide bonds. The van der Waals surface area contributed by atoms with Gasteiger partial charge in [-0.2, -0.15) is 8.78 Å². The fourth-order valence-electron chi connectivity index (χ4n) is 0.812. The standard InChI is InChI=1S/C8H16F2N2O/c1-4-8(9,10)7(13)12(3)6-5-11-2/h11H,4-6H2,1-3H3. The minimum atomic E-state index is -3.22. The molecular formula is C8H16F2N2O. The second kappa shape index (κ2) is 5.11. The Morgan fingerprint density at radius 2 is 2.08 bits per heavy atom. The van der Waals surface area contributed by atoms with Crippen LogP contribution in [-0.2, 0) is 4.79 Å². The average molecular weight is 194 g/mol. The summed E-state index contributed by atoms with van der Waals surface area (Å²) in [5, 5.41) is 2.78. The maximum Gasteiger partial charge on any atom is 0.324 e. The van der Waals surface area contributed by atoms with Crippen LogP contribution in [0.3, 0.4) is 0 Å². The van der Waals surface area contributed by atoms with Crippen LogP contribution in [-0.4, -0.2) is 43.9 Å². The van der Waals surface area contributed by atoms with Gasteiger partial charge in [0.15, 0.2) is 0 Å². The van der Waals surface area contributed by atoms with Crippen molar-refractivity contribution in [3.8, 4) is 0 Å². The highest BCUT2D eigenvalue weighted by atomic mass is 19.3. The lowest BCUT2D eigenvalue weighted by molar-refractivity contribution is -0.156. The Kier molecular flexibility index (Phi) is 4.83. The summed E-state index contributed by atoms with van der Waals surface area (Å²) < 4.78 is 25.6. The van der Waals surface area contributed by atoms with Crippen LogP contribution in [0.25, 0.3) is 0 Å². The topological polar surface area (TPSA) is 32.3 Å². The number of hydrogen-bond donors (Lipinski definition) is 1. The summed E-state index contributed by atoms with van der Waals surface area (Å²) in [7, 11) is 3.08. The molecule has 0 aromatic heterocycles. The Morgan fingerprint density at radius 1 is 1.54 bits per heavy atom. The molecule has 5 heteroatoms. The largest absolute Gasteiger partial charge is 0.339 e. The monoisotopic (exact) mass is 194 g/mol. The molecule has 0 fully saturated rings. The highest BCUT2D eigenvalue weighted by Gasteiger charge is 2.38. The van der Waals surface area contributed by atoms with E-state index in [1.807, 2.05) is 0 Å². The SMILES string of the molecule is CCC(F)(F)C(=O)N(C)CCNC. The Bertz CT molecular complexity index is 174. The van der Waals surface area contributed by atoms with Gasteiger partial charge < -0.3 is 10.2 Å². The van der Waals surface area contributed by atoms with Crippen LogP contribution in [0.2, 0.25) is 0 Å². The summed E-state index contributed by atoms with van der Waals surface area (Å²) in [5.74, 6) is -4.33. The van der Waals surface area contributed by atoms with Gasteiger partial charge >= 0.3 is 5.92 Å². The summed E-state index contributed by atoms with van der Waals surface area (Å²) in [6.45, 7) is 2.11. The van der Waals surface area contributed by atoms with Crippen LogP contribution in [0.15, 0.2) is 0 Å². The second-order valence-corrected chi connectivity index (χ2v) is 2.89. The van der Waals surface area contributed by atoms with E-state index in [-0.39, 0.29) is 0 Å². The highest BCUT2D eigenvalue weighted by Crippen LogP contribution is 2.19. The Hall–Kier alpha value is -0.710. The summed E-state index contributed by atoms with van der Waals surface area (Å²) in [5.41, 5.74) is 0. The van der Waals surface area contributed by atoms with Crippen LogP contribution < -0.4 is 5.32 Å². The molecule has 13 heavy (non-hydrogen) atoms. The van der Waals surface area contributed by atoms with Crippen molar-refractivity contribution in [2.75, 3.05) is 27.2 Å². The molecule has 0 aliphatic rings.